The van der Waals surface area contributed by atoms with E-state index in [1.165, 1.54) is 0 Å². The highest BCUT2D eigenvalue weighted by Gasteiger charge is 2.14. The Morgan fingerprint density at radius 1 is 0.714 bits per heavy atom. The van der Waals surface area contributed by atoms with Gasteiger partial charge >= 0.3 is 0 Å². The van der Waals surface area contributed by atoms with Crippen LogP contribution in [0, 0.1) is 0 Å². The average Bonchev–Trinajstić information content (AvgIpc) is 2.46. The van der Waals surface area contributed by atoms with Crippen molar-refractivity contribution >= 4 is 24.5 Å². The van der Waals surface area contributed by atoms with Crippen LogP contribution >= 0.6 is 12.6 Å². The molecular weight excluding hydrogens is 282 g/mol. The summed E-state index contributed by atoms with van der Waals surface area (Å²) in [5.74, 6) is 1.03. The highest BCUT2D eigenvalue weighted by Crippen LogP contribution is 2.16. The molecule has 21 heavy (non-hydrogen) atoms. The number of hydrogen-bond donors (Lipinski definition) is 0. The van der Waals surface area contributed by atoms with E-state index in [1.807, 2.05) is 9.80 Å². The molecular formula is C15H20N5S. The molecule has 1 aromatic heterocycles. The van der Waals surface area contributed by atoms with Crippen LogP contribution in [0.2, 0.25) is 0 Å². The minimum Gasteiger partial charge on any atom is -0.333 e. The normalized spacial score (nSPS) is 9.71. The van der Waals surface area contributed by atoms with E-state index in [0.29, 0.717) is 38.1 Å². The van der Waals surface area contributed by atoms with Crippen LogP contribution in [-0.2, 0) is 0 Å². The first-order valence-corrected chi connectivity index (χ1v) is 6.93. The SMILES string of the molecule is C=CCN(CC=C)c1nc([S])nc(N(CC=C)CC=C)n1. The maximum absolute atomic E-state index is 5.14. The zero-order valence-electron chi connectivity index (χ0n) is 12.1. The van der Waals surface area contributed by atoms with E-state index < -0.39 is 0 Å². The molecule has 0 aliphatic carbocycles. The fourth-order valence-corrected chi connectivity index (χ4v) is 1.88. The first-order valence-electron chi connectivity index (χ1n) is 6.52. The molecule has 0 unspecified atom stereocenters. The number of anilines is 2. The van der Waals surface area contributed by atoms with Crippen LogP contribution in [0.1, 0.15) is 0 Å². The van der Waals surface area contributed by atoms with Crippen LogP contribution in [0.4, 0.5) is 11.9 Å². The van der Waals surface area contributed by atoms with Gasteiger partial charge in [0.05, 0.1) is 0 Å². The minimum atomic E-state index is 0.256. The Kier molecular flexibility index (Phi) is 7.11. The third kappa shape index (κ3) is 5.00. The fourth-order valence-electron chi connectivity index (χ4n) is 1.72. The lowest BCUT2D eigenvalue weighted by molar-refractivity contribution is 0.787. The van der Waals surface area contributed by atoms with Gasteiger partial charge in [0, 0.05) is 26.2 Å². The van der Waals surface area contributed by atoms with Gasteiger partial charge in [-0.3, -0.25) is 0 Å². The van der Waals surface area contributed by atoms with Gasteiger partial charge in [0.15, 0.2) is 0 Å². The summed E-state index contributed by atoms with van der Waals surface area (Å²) in [5, 5.41) is 0.256. The maximum atomic E-state index is 5.14. The van der Waals surface area contributed by atoms with Crippen LogP contribution in [0.25, 0.3) is 0 Å². The summed E-state index contributed by atoms with van der Waals surface area (Å²) in [6, 6.07) is 0. The van der Waals surface area contributed by atoms with E-state index in [-0.39, 0.29) is 5.16 Å². The second-order valence-electron chi connectivity index (χ2n) is 4.18. The zero-order valence-corrected chi connectivity index (χ0v) is 12.9. The van der Waals surface area contributed by atoms with Gasteiger partial charge in [-0.05, 0) is 12.6 Å². The van der Waals surface area contributed by atoms with Crippen molar-refractivity contribution < 1.29 is 0 Å². The molecule has 0 aliphatic rings. The van der Waals surface area contributed by atoms with Gasteiger partial charge in [-0.15, -0.1) is 26.3 Å². The van der Waals surface area contributed by atoms with E-state index >= 15 is 0 Å². The Hall–Kier alpha value is -2.21. The number of hydrogen-bond acceptors (Lipinski definition) is 5. The summed E-state index contributed by atoms with van der Waals surface area (Å²) in [6.45, 7) is 17.4. The van der Waals surface area contributed by atoms with Crippen molar-refractivity contribution in [3.05, 3.63) is 50.6 Å². The second-order valence-corrected chi connectivity index (χ2v) is 4.55. The molecule has 0 aromatic carbocycles. The first-order chi connectivity index (χ1) is 10.2. The molecule has 0 fully saturated rings. The molecule has 0 saturated carbocycles. The molecule has 1 rings (SSSR count). The van der Waals surface area contributed by atoms with Crippen molar-refractivity contribution in [3.63, 3.8) is 0 Å². The smallest absolute Gasteiger partial charge is 0.231 e. The van der Waals surface area contributed by atoms with Gasteiger partial charge < -0.3 is 9.80 Å². The highest BCUT2D eigenvalue weighted by molar-refractivity contribution is 7.80. The molecule has 1 heterocycles. The summed E-state index contributed by atoms with van der Waals surface area (Å²) in [4.78, 5) is 16.8. The summed E-state index contributed by atoms with van der Waals surface area (Å²) in [7, 11) is 0. The predicted octanol–water partition coefficient (Wildman–Crippen LogP) is 2.78. The van der Waals surface area contributed by atoms with Gasteiger partial charge in [-0.1, -0.05) is 24.3 Å². The number of rotatable bonds is 10. The lowest BCUT2D eigenvalue weighted by Gasteiger charge is -2.23. The van der Waals surface area contributed by atoms with Crippen molar-refractivity contribution in [2.24, 2.45) is 0 Å². The number of nitrogens with zero attached hydrogens (tertiary/aromatic N) is 5. The topological polar surface area (TPSA) is 45.2 Å². The van der Waals surface area contributed by atoms with Gasteiger partial charge in [0.2, 0.25) is 17.1 Å². The largest absolute Gasteiger partial charge is 0.333 e. The standard InChI is InChI=1S/C15H20N5S/c1-5-9-19(10-6-2)13-16-14(18-15(21)17-13)20(11-7-3)12-8-4/h5-8H,1-4,9-12H2. The zero-order chi connectivity index (χ0) is 15.7. The Labute approximate surface area is 131 Å². The average molecular weight is 302 g/mol. The fraction of sp³-hybridized carbons (Fsp3) is 0.267. The molecule has 111 valence electrons. The molecule has 1 radical (unpaired) electrons. The van der Waals surface area contributed by atoms with Crippen molar-refractivity contribution in [2.45, 2.75) is 5.16 Å². The molecule has 0 bridgehead atoms. The number of aromatic nitrogens is 3. The van der Waals surface area contributed by atoms with Crippen molar-refractivity contribution in [1.29, 1.82) is 0 Å². The summed E-state index contributed by atoms with van der Waals surface area (Å²) >= 11 is 5.14. The molecule has 0 amide bonds. The molecule has 0 aliphatic heterocycles. The lowest BCUT2D eigenvalue weighted by Crippen LogP contribution is -2.29. The Morgan fingerprint density at radius 3 is 1.33 bits per heavy atom. The molecule has 0 saturated heterocycles. The van der Waals surface area contributed by atoms with Gasteiger partial charge in [0.25, 0.3) is 0 Å². The molecule has 5 nitrogen and oxygen atoms in total. The van der Waals surface area contributed by atoms with E-state index in [1.54, 1.807) is 24.3 Å². The molecule has 0 atom stereocenters. The third-order valence-corrected chi connectivity index (χ3v) is 2.74. The van der Waals surface area contributed by atoms with Crippen molar-refractivity contribution in [1.82, 2.24) is 15.0 Å². The third-order valence-electron chi connectivity index (χ3n) is 2.55. The van der Waals surface area contributed by atoms with Gasteiger partial charge in [0.1, 0.15) is 0 Å². The van der Waals surface area contributed by atoms with Crippen molar-refractivity contribution in [2.75, 3.05) is 36.0 Å². The Bertz CT molecular complexity index is 453. The highest BCUT2D eigenvalue weighted by atomic mass is 32.1. The minimum absolute atomic E-state index is 0.256. The van der Waals surface area contributed by atoms with Crippen LogP contribution in [0.3, 0.4) is 0 Å². The maximum Gasteiger partial charge on any atom is 0.231 e. The van der Waals surface area contributed by atoms with Crippen LogP contribution in [-0.4, -0.2) is 41.1 Å². The van der Waals surface area contributed by atoms with Gasteiger partial charge in [-0.25, -0.2) is 0 Å². The molecule has 6 heteroatoms. The Balaban J connectivity index is 3.16. The van der Waals surface area contributed by atoms with E-state index in [0.717, 1.165) is 0 Å². The summed E-state index contributed by atoms with van der Waals surface area (Å²) in [6.07, 6.45) is 7.12. The van der Waals surface area contributed by atoms with E-state index in [9.17, 15) is 0 Å². The van der Waals surface area contributed by atoms with Crippen LogP contribution < -0.4 is 9.80 Å². The van der Waals surface area contributed by atoms with Crippen LogP contribution in [0.15, 0.2) is 55.8 Å². The lowest BCUT2D eigenvalue weighted by atomic mass is 10.4. The second kappa shape index (κ2) is 8.86. The summed E-state index contributed by atoms with van der Waals surface area (Å²) < 4.78 is 0. The summed E-state index contributed by atoms with van der Waals surface area (Å²) in [5.41, 5.74) is 0. The van der Waals surface area contributed by atoms with Gasteiger partial charge in [-0.2, -0.15) is 15.0 Å². The molecule has 0 spiro atoms. The van der Waals surface area contributed by atoms with Crippen LogP contribution in [0.5, 0.6) is 0 Å². The van der Waals surface area contributed by atoms with E-state index in [2.05, 4.69) is 41.3 Å². The predicted molar refractivity (Wildman–Crippen MR) is 90.9 cm³/mol. The molecule has 1 aromatic rings. The Morgan fingerprint density at radius 2 is 1.05 bits per heavy atom. The molecule has 0 N–H and O–H groups in total. The van der Waals surface area contributed by atoms with Crippen molar-refractivity contribution in [3.8, 4) is 0 Å². The first kappa shape index (κ1) is 16.8. The monoisotopic (exact) mass is 302 g/mol. The van der Waals surface area contributed by atoms with E-state index in [4.69, 9.17) is 12.6 Å². The quantitative estimate of drug-likeness (QED) is 0.622.